The normalized spacial score (nSPS) is 23.9. The van der Waals surface area contributed by atoms with Crippen molar-refractivity contribution in [3.63, 3.8) is 0 Å². The number of phenolic OH excluding ortho intramolecular Hbond substituents is 1. The number of piperazine rings is 2. The Bertz CT molecular complexity index is 1290. The standard InChI is InChI=1S/C27H31ClFN5O4/c1-5-20(36)32-9-10-33-17(13-32)14-38-25-22(27(33)37)26(34-12-15(2)31(4)11-16(34)3)30-24(23(25)28)21-18(29)7-6-8-19(21)35/h5-8,15-17,35H,1,9-14H2,2-4H3/t15-,16-,17?/m0/s1. The van der Waals surface area contributed by atoms with Gasteiger partial charge in [0.2, 0.25) is 5.91 Å². The molecule has 2 amide bonds. The lowest BCUT2D eigenvalue weighted by molar-refractivity contribution is -0.128. The molecule has 2 fully saturated rings. The number of hydrogen-bond donors (Lipinski definition) is 1. The van der Waals surface area contributed by atoms with E-state index in [1.165, 1.54) is 24.3 Å². The Labute approximate surface area is 226 Å². The number of carbonyl (C=O) groups is 2. The summed E-state index contributed by atoms with van der Waals surface area (Å²) in [5.74, 6) is -1.08. The lowest BCUT2D eigenvalue weighted by Gasteiger charge is -2.44. The highest BCUT2D eigenvalue weighted by molar-refractivity contribution is 6.35. The highest BCUT2D eigenvalue weighted by atomic mass is 35.5. The number of aromatic hydroxyl groups is 1. The summed E-state index contributed by atoms with van der Waals surface area (Å²) in [6.07, 6.45) is 1.26. The number of halogens is 2. The van der Waals surface area contributed by atoms with E-state index < -0.39 is 11.9 Å². The van der Waals surface area contributed by atoms with E-state index in [2.05, 4.69) is 18.4 Å². The summed E-state index contributed by atoms with van der Waals surface area (Å²) >= 11 is 6.80. The Morgan fingerprint density at radius 3 is 2.66 bits per heavy atom. The first-order chi connectivity index (χ1) is 18.1. The number of fused-ring (bicyclic) bond motifs is 2. The molecular formula is C27H31ClFN5O4. The zero-order valence-corrected chi connectivity index (χ0v) is 22.4. The number of likely N-dealkylation sites (N-methyl/N-ethyl adjacent to an activating group) is 1. The molecule has 2 saturated heterocycles. The van der Waals surface area contributed by atoms with Crippen LogP contribution in [0.5, 0.6) is 11.5 Å². The molecule has 5 rings (SSSR count). The molecule has 1 N–H and O–H groups in total. The van der Waals surface area contributed by atoms with Crippen molar-refractivity contribution in [1.29, 1.82) is 0 Å². The smallest absolute Gasteiger partial charge is 0.261 e. The third kappa shape index (κ3) is 4.35. The molecule has 38 heavy (non-hydrogen) atoms. The molecule has 1 aromatic heterocycles. The first-order valence-corrected chi connectivity index (χ1v) is 13.0. The van der Waals surface area contributed by atoms with Gasteiger partial charge in [0.15, 0.2) is 5.75 Å². The summed E-state index contributed by atoms with van der Waals surface area (Å²) in [5.41, 5.74) is 0.0623. The summed E-state index contributed by atoms with van der Waals surface area (Å²) in [5, 5.41) is 10.5. The van der Waals surface area contributed by atoms with Crippen LogP contribution in [-0.2, 0) is 4.79 Å². The largest absolute Gasteiger partial charge is 0.507 e. The van der Waals surface area contributed by atoms with E-state index in [9.17, 15) is 14.7 Å². The van der Waals surface area contributed by atoms with E-state index in [4.69, 9.17) is 21.3 Å². The molecule has 3 atom stereocenters. The fraction of sp³-hybridized carbons (Fsp3) is 0.444. The molecule has 1 unspecified atom stereocenters. The third-order valence-electron chi connectivity index (χ3n) is 7.74. The maximum absolute atomic E-state index is 15.0. The monoisotopic (exact) mass is 543 g/mol. The molecule has 11 heteroatoms. The van der Waals surface area contributed by atoms with E-state index in [0.29, 0.717) is 25.5 Å². The molecule has 0 spiro atoms. The predicted molar refractivity (Wildman–Crippen MR) is 142 cm³/mol. The number of benzene rings is 1. The van der Waals surface area contributed by atoms with Gasteiger partial charge >= 0.3 is 0 Å². The van der Waals surface area contributed by atoms with Gasteiger partial charge in [-0.2, -0.15) is 0 Å². The summed E-state index contributed by atoms with van der Waals surface area (Å²) < 4.78 is 21.2. The van der Waals surface area contributed by atoms with Crippen LogP contribution < -0.4 is 9.64 Å². The second-order valence-electron chi connectivity index (χ2n) is 10.2. The van der Waals surface area contributed by atoms with Crippen molar-refractivity contribution in [2.24, 2.45) is 0 Å². The van der Waals surface area contributed by atoms with Crippen LogP contribution >= 0.6 is 11.6 Å². The Balaban J connectivity index is 1.68. The van der Waals surface area contributed by atoms with Gasteiger partial charge in [-0.3, -0.25) is 14.5 Å². The Kier molecular flexibility index (Phi) is 6.96. The molecule has 0 aliphatic carbocycles. The molecule has 1 aromatic carbocycles. The van der Waals surface area contributed by atoms with Crippen LogP contribution in [0.1, 0.15) is 24.2 Å². The molecule has 4 heterocycles. The van der Waals surface area contributed by atoms with Crippen LogP contribution in [0.3, 0.4) is 0 Å². The Morgan fingerprint density at radius 1 is 1.18 bits per heavy atom. The minimum atomic E-state index is -0.693. The summed E-state index contributed by atoms with van der Waals surface area (Å²) in [6.45, 7) is 10.0. The summed E-state index contributed by atoms with van der Waals surface area (Å²) in [7, 11) is 2.04. The van der Waals surface area contributed by atoms with E-state index >= 15 is 4.39 Å². The van der Waals surface area contributed by atoms with Gasteiger partial charge in [-0.15, -0.1) is 0 Å². The fourth-order valence-electron chi connectivity index (χ4n) is 5.49. The van der Waals surface area contributed by atoms with E-state index in [1.54, 1.807) is 9.80 Å². The molecule has 202 valence electrons. The Morgan fingerprint density at radius 2 is 1.95 bits per heavy atom. The van der Waals surface area contributed by atoms with Crippen molar-refractivity contribution in [3.8, 4) is 22.8 Å². The summed E-state index contributed by atoms with van der Waals surface area (Å²) in [4.78, 5) is 38.7. The van der Waals surface area contributed by atoms with Crippen LogP contribution in [0.4, 0.5) is 10.2 Å². The molecular weight excluding hydrogens is 513 g/mol. The average Bonchev–Trinajstić information content (AvgIpc) is 3.03. The number of hydrogen-bond acceptors (Lipinski definition) is 7. The number of rotatable bonds is 3. The molecule has 0 bridgehead atoms. The number of phenols is 1. The first-order valence-electron chi connectivity index (χ1n) is 12.7. The lowest BCUT2D eigenvalue weighted by Crippen LogP contribution is -2.58. The van der Waals surface area contributed by atoms with E-state index in [0.717, 1.165) is 6.54 Å². The predicted octanol–water partition coefficient (Wildman–Crippen LogP) is 3.01. The molecule has 2 aromatic rings. The van der Waals surface area contributed by atoms with Gasteiger partial charge in [0, 0.05) is 44.8 Å². The minimum absolute atomic E-state index is 0.00549. The number of amides is 2. The SMILES string of the molecule is C=CC(=O)N1CCN2C(=O)c3c(N4C[C@H](C)N(C)C[C@@H]4C)nc(-c4c(O)cccc4F)c(Cl)c3OCC2C1. The van der Waals surface area contributed by atoms with Crippen molar-refractivity contribution in [2.75, 3.05) is 51.3 Å². The van der Waals surface area contributed by atoms with Crippen molar-refractivity contribution in [2.45, 2.75) is 32.0 Å². The second-order valence-corrected chi connectivity index (χ2v) is 10.6. The molecule has 0 saturated carbocycles. The maximum atomic E-state index is 15.0. The number of aromatic nitrogens is 1. The highest BCUT2D eigenvalue weighted by Gasteiger charge is 2.42. The second kappa shape index (κ2) is 10.1. The highest BCUT2D eigenvalue weighted by Crippen LogP contribution is 2.46. The van der Waals surface area contributed by atoms with Gasteiger partial charge < -0.3 is 24.5 Å². The average molecular weight is 544 g/mol. The number of carbonyl (C=O) groups excluding carboxylic acids is 2. The quantitative estimate of drug-likeness (QED) is 0.595. The van der Waals surface area contributed by atoms with Crippen molar-refractivity contribution < 1.29 is 23.8 Å². The summed E-state index contributed by atoms with van der Waals surface area (Å²) in [6, 6.07) is 3.70. The van der Waals surface area contributed by atoms with Crippen molar-refractivity contribution in [1.82, 2.24) is 19.7 Å². The van der Waals surface area contributed by atoms with Gasteiger partial charge in [-0.05, 0) is 39.1 Å². The fourth-order valence-corrected chi connectivity index (χ4v) is 5.78. The third-order valence-corrected chi connectivity index (χ3v) is 8.09. The van der Waals surface area contributed by atoms with Crippen LogP contribution in [0.15, 0.2) is 30.9 Å². The van der Waals surface area contributed by atoms with Gasteiger partial charge in [-0.25, -0.2) is 9.37 Å². The van der Waals surface area contributed by atoms with Crippen LogP contribution in [0.25, 0.3) is 11.3 Å². The molecule has 3 aliphatic rings. The zero-order chi connectivity index (χ0) is 27.3. The molecule has 0 radical (unpaired) electrons. The Hall–Kier alpha value is -3.37. The first kappa shape index (κ1) is 26.2. The lowest BCUT2D eigenvalue weighted by atomic mass is 10.0. The van der Waals surface area contributed by atoms with Gasteiger partial charge in [0.05, 0.1) is 11.6 Å². The molecule has 9 nitrogen and oxygen atoms in total. The van der Waals surface area contributed by atoms with E-state index in [-0.39, 0.29) is 70.4 Å². The molecule has 3 aliphatic heterocycles. The zero-order valence-electron chi connectivity index (χ0n) is 21.7. The van der Waals surface area contributed by atoms with Gasteiger partial charge in [0.1, 0.15) is 40.3 Å². The van der Waals surface area contributed by atoms with E-state index in [1.807, 2.05) is 18.9 Å². The van der Waals surface area contributed by atoms with Crippen LogP contribution in [0.2, 0.25) is 5.02 Å². The topological polar surface area (TPSA) is 89.5 Å². The van der Waals surface area contributed by atoms with Crippen LogP contribution in [-0.4, -0.2) is 101 Å². The van der Waals surface area contributed by atoms with Gasteiger partial charge in [-0.1, -0.05) is 24.2 Å². The minimum Gasteiger partial charge on any atom is -0.507 e. The van der Waals surface area contributed by atoms with Crippen LogP contribution in [0, 0.1) is 5.82 Å². The number of pyridine rings is 1. The van der Waals surface area contributed by atoms with Gasteiger partial charge in [0.25, 0.3) is 5.91 Å². The van der Waals surface area contributed by atoms with Crippen molar-refractivity contribution in [3.05, 3.63) is 47.3 Å². The van der Waals surface area contributed by atoms with Crippen molar-refractivity contribution >= 4 is 29.2 Å². The number of ether oxygens (including phenoxy) is 1. The number of nitrogens with zero attached hydrogens (tertiary/aromatic N) is 5. The number of anilines is 1. The maximum Gasteiger partial charge on any atom is 0.261 e.